The largest absolute Gasteiger partial charge is 0.370 e. The highest BCUT2D eigenvalue weighted by atomic mass is 32.2. The van der Waals surface area contributed by atoms with Gasteiger partial charge >= 0.3 is 0 Å². The number of rotatable bonds is 6. The van der Waals surface area contributed by atoms with Gasteiger partial charge in [-0.05, 0) is 31.7 Å². The van der Waals surface area contributed by atoms with Crippen molar-refractivity contribution in [2.24, 2.45) is 0 Å². The van der Waals surface area contributed by atoms with Crippen molar-refractivity contribution < 1.29 is 4.39 Å². The first-order chi connectivity index (χ1) is 10.1. The van der Waals surface area contributed by atoms with Crippen molar-refractivity contribution in [2.45, 2.75) is 25.4 Å². The fraction of sp³-hybridized carbons (Fsp3) is 0.333. The Balaban J connectivity index is 2.28. The van der Waals surface area contributed by atoms with Crippen molar-refractivity contribution in [2.75, 3.05) is 23.4 Å². The summed E-state index contributed by atoms with van der Waals surface area (Å²) in [5, 5.41) is 7.08. The van der Waals surface area contributed by atoms with Crippen molar-refractivity contribution in [3.8, 4) is 0 Å². The van der Waals surface area contributed by atoms with Gasteiger partial charge < -0.3 is 10.6 Å². The average Bonchev–Trinajstić information content (AvgIpc) is 2.49. The lowest BCUT2D eigenvalue weighted by atomic mass is 10.2. The van der Waals surface area contributed by atoms with E-state index in [0.29, 0.717) is 22.2 Å². The van der Waals surface area contributed by atoms with Gasteiger partial charge in [-0.3, -0.25) is 0 Å². The molecular formula is C15H19FN4S. The normalized spacial score (nSPS) is 10.5. The summed E-state index contributed by atoms with van der Waals surface area (Å²) in [5.41, 5.74) is 1.28. The van der Waals surface area contributed by atoms with Gasteiger partial charge in [-0.15, -0.1) is 0 Å². The summed E-state index contributed by atoms with van der Waals surface area (Å²) in [5.74, 6) is 1.19. The van der Waals surface area contributed by atoms with Gasteiger partial charge in [0, 0.05) is 23.9 Å². The van der Waals surface area contributed by atoms with Crippen LogP contribution in [0.4, 0.5) is 21.7 Å². The Hall–Kier alpha value is -1.82. The predicted molar refractivity (Wildman–Crippen MR) is 87.0 cm³/mol. The van der Waals surface area contributed by atoms with E-state index in [-0.39, 0.29) is 5.82 Å². The second-order valence-electron chi connectivity index (χ2n) is 4.59. The molecule has 4 nitrogen and oxygen atoms in total. The van der Waals surface area contributed by atoms with Gasteiger partial charge in [-0.25, -0.2) is 14.4 Å². The Labute approximate surface area is 128 Å². The molecule has 0 radical (unpaired) electrons. The molecule has 0 saturated carbocycles. The highest BCUT2D eigenvalue weighted by Crippen LogP contribution is 2.24. The van der Waals surface area contributed by atoms with E-state index in [1.54, 1.807) is 13.0 Å². The Kier molecular flexibility index (Phi) is 5.38. The number of thioether (sulfide) groups is 1. The van der Waals surface area contributed by atoms with Crippen LogP contribution in [0.25, 0.3) is 0 Å². The summed E-state index contributed by atoms with van der Waals surface area (Å²) >= 11 is 1.47. The van der Waals surface area contributed by atoms with Gasteiger partial charge in [0.2, 0.25) is 0 Å². The molecule has 0 spiro atoms. The molecule has 0 atom stereocenters. The van der Waals surface area contributed by atoms with Crippen LogP contribution in [0.15, 0.2) is 29.4 Å². The molecule has 0 fully saturated rings. The number of halogens is 1. The Bertz CT molecular complexity index is 619. The predicted octanol–water partition coefficient (Wildman–Crippen LogP) is 4.21. The molecule has 1 heterocycles. The maximum atomic E-state index is 13.6. The molecule has 2 rings (SSSR count). The lowest BCUT2D eigenvalue weighted by Gasteiger charge is -2.12. The number of benzene rings is 1. The van der Waals surface area contributed by atoms with Crippen molar-refractivity contribution >= 4 is 29.1 Å². The molecule has 2 N–H and O–H groups in total. The first kappa shape index (κ1) is 15.6. The number of nitrogens with one attached hydrogen (secondary N) is 2. The second kappa shape index (κ2) is 7.26. The van der Waals surface area contributed by atoms with E-state index in [1.165, 1.54) is 17.8 Å². The van der Waals surface area contributed by atoms with Crippen molar-refractivity contribution in [3.05, 3.63) is 35.6 Å². The highest BCUT2D eigenvalue weighted by Gasteiger charge is 2.07. The van der Waals surface area contributed by atoms with Gasteiger partial charge in [0.25, 0.3) is 0 Å². The minimum absolute atomic E-state index is 0.233. The molecule has 112 valence electrons. The van der Waals surface area contributed by atoms with Gasteiger partial charge in [-0.2, -0.15) is 0 Å². The molecule has 1 aromatic carbocycles. The second-order valence-corrected chi connectivity index (χ2v) is 5.36. The SMILES string of the molecule is CCCNc1cc(Nc2cccc(F)c2C)nc(SC)n1. The maximum Gasteiger partial charge on any atom is 0.191 e. The van der Waals surface area contributed by atoms with Crippen LogP contribution >= 0.6 is 11.8 Å². The molecule has 21 heavy (non-hydrogen) atoms. The standard InChI is InChI=1S/C15H19FN4S/c1-4-8-17-13-9-14(20-15(19-13)21-3)18-12-7-5-6-11(16)10(12)2/h5-7,9H,4,8H2,1-3H3,(H2,17,18,19,20). The molecule has 0 aliphatic heterocycles. The molecule has 2 aromatic rings. The van der Waals surface area contributed by atoms with Gasteiger partial charge in [0.05, 0.1) is 0 Å². The van der Waals surface area contributed by atoms with Gasteiger partial charge in [0.15, 0.2) is 5.16 Å². The minimum atomic E-state index is -0.233. The third-order valence-corrected chi connectivity index (χ3v) is 3.52. The van der Waals surface area contributed by atoms with E-state index in [0.717, 1.165) is 18.8 Å². The molecule has 6 heteroatoms. The van der Waals surface area contributed by atoms with Crippen molar-refractivity contribution in [1.29, 1.82) is 0 Å². The van der Waals surface area contributed by atoms with Crippen LogP contribution in [0.2, 0.25) is 0 Å². The Morgan fingerprint density at radius 1 is 1.24 bits per heavy atom. The van der Waals surface area contributed by atoms with Gasteiger partial charge in [0.1, 0.15) is 17.5 Å². The monoisotopic (exact) mass is 306 g/mol. The van der Waals surface area contributed by atoms with Crippen LogP contribution in [0.1, 0.15) is 18.9 Å². The third kappa shape index (κ3) is 4.07. The number of aromatic nitrogens is 2. The van der Waals surface area contributed by atoms with Crippen LogP contribution in [-0.2, 0) is 0 Å². The maximum absolute atomic E-state index is 13.6. The van der Waals surface area contributed by atoms with Crippen molar-refractivity contribution in [1.82, 2.24) is 9.97 Å². The number of hydrogen-bond acceptors (Lipinski definition) is 5. The fourth-order valence-corrected chi connectivity index (χ4v) is 2.18. The van der Waals surface area contributed by atoms with E-state index >= 15 is 0 Å². The van der Waals surface area contributed by atoms with E-state index in [9.17, 15) is 4.39 Å². The molecule has 0 aliphatic carbocycles. The summed E-state index contributed by atoms with van der Waals surface area (Å²) in [4.78, 5) is 8.80. The highest BCUT2D eigenvalue weighted by molar-refractivity contribution is 7.98. The fourth-order valence-electron chi connectivity index (χ4n) is 1.80. The van der Waals surface area contributed by atoms with E-state index in [2.05, 4.69) is 27.5 Å². The lowest BCUT2D eigenvalue weighted by molar-refractivity contribution is 0.619. The van der Waals surface area contributed by atoms with Crippen LogP contribution in [0, 0.1) is 12.7 Å². The number of anilines is 3. The Morgan fingerprint density at radius 2 is 2.00 bits per heavy atom. The van der Waals surface area contributed by atoms with Crippen LogP contribution in [0.5, 0.6) is 0 Å². The third-order valence-electron chi connectivity index (χ3n) is 2.97. The first-order valence-corrected chi connectivity index (χ1v) is 8.05. The van der Waals surface area contributed by atoms with Crippen LogP contribution < -0.4 is 10.6 Å². The molecule has 0 unspecified atom stereocenters. The topological polar surface area (TPSA) is 49.8 Å². The van der Waals surface area contributed by atoms with Gasteiger partial charge in [-0.1, -0.05) is 24.8 Å². The smallest absolute Gasteiger partial charge is 0.191 e. The summed E-state index contributed by atoms with van der Waals surface area (Å²) < 4.78 is 13.6. The lowest BCUT2D eigenvalue weighted by Crippen LogP contribution is -2.05. The molecular weight excluding hydrogens is 287 g/mol. The quantitative estimate of drug-likeness (QED) is 0.618. The number of hydrogen-bond donors (Lipinski definition) is 2. The number of nitrogens with zero attached hydrogens (tertiary/aromatic N) is 2. The summed E-state index contributed by atoms with van der Waals surface area (Å²) in [7, 11) is 0. The summed E-state index contributed by atoms with van der Waals surface area (Å²) in [6.07, 6.45) is 2.94. The Morgan fingerprint density at radius 3 is 2.71 bits per heavy atom. The molecule has 0 amide bonds. The zero-order chi connectivity index (χ0) is 15.2. The molecule has 1 aromatic heterocycles. The van der Waals surface area contributed by atoms with E-state index < -0.39 is 0 Å². The minimum Gasteiger partial charge on any atom is -0.370 e. The summed E-state index contributed by atoms with van der Waals surface area (Å²) in [6.45, 7) is 4.69. The van der Waals surface area contributed by atoms with E-state index in [4.69, 9.17) is 0 Å². The first-order valence-electron chi connectivity index (χ1n) is 6.83. The average molecular weight is 306 g/mol. The van der Waals surface area contributed by atoms with E-state index in [1.807, 2.05) is 18.4 Å². The van der Waals surface area contributed by atoms with Crippen molar-refractivity contribution in [3.63, 3.8) is 0 Å². The zero-order valence-corrected chi connectivity index (χ0v) is 13.2. The van der Waals surface area contributed by atoms with Crippen LogP contribution in [0.3, 0.4) is 0 Å². The molecule has 0 aliphatic rings. The van der Waals surface area contributed by atoms with Crippen LogP contribution in [-0.4, -0.2) is 22.8 Å². The molecule has 0 saturated heterocycles. The summed E-state index contributed by atoms with van der Waals surface area (Å²) in [6, 6.07) is 6.79. The molecule has 0 bridgehead atoms. The zero-order valence-electron chi connectivity index (χ0n) is 12.4.